The second kappa shape index (κ2) is 6.43. The molecule has 0 bridgehead atoms. The molecule has 3 rings (SSSR count). The van der Waals surface area contributed by atoms with Gasteiger partial charge in [0.25, 0.3) is 5.91 Å². The number of amides is 1. The van der Waals surface area contributed by atoms with Gasteiger partial charge in [-0.2, -0.15) is 5.10 Å². The molecule has 0 unspecified atom stereocenters. The summed E-state index contributed by atoms with van der Waals surface area (Å²) in [4.78, 5) is 17.2. The van der Waals surface area contributed by atoms with Gasteiger partial charge in [0.15, 0.2) is 5.65 Å². The van der Waals surface area contributed by atoms with E-state index in [-0.39, 0.29) is 11.9 Å². The fraction of sp³-hybridized carbons (Fsp3) is 0.278. The van der Waals surface area contributed by atoms with Crippen molar-refractivity contribution in [1.29, 1.82) is 0 Å². The first-order valence-corrected chi connectivity index (χ1v) is 8.00. The summed E-state index contributed by atoms with van der Waals surface area (Å²) in [6.45, 7) is 5.89. The Hall–Kier alpha value is -3.09. The van der Waals surface area contributed by atoms with Crippen molar-refractivity contribution in [3.05, 3.63) is 41.7 Å². The number of nitrogens with two attached hydrogens (primary N) is 1. The van der Waals surface area contributed by atoms with E-state index in [0.717, 1.165) is 11.0 Å². The van der Waals surface area contributed by atoms with Crippen molar-refractivity contribution < 1.29 is 9.53 Å². The first-order valence-electron chi connectivity index (χ1n) is 8.00. The molecule has 0 saturated heterocycles. The summed E-state index contributed by atoms with van der Waals surface area (Å²) in [5.74, 6) is 0.326. The molecule has 3 N–H and O–H groups in total. The molecular weight excluding hydrogens is 318 g/mol. The van der Waals surface area contributed by atoms with E-state index < -0.39 is 0 Å². The number of anilines is 2. The van der Waals surface area contributed by atoms with Gasteiger partial charge in [-0.15, -0.1) is 0 Å². The fourth-order valence-corrected chi connectivity index (χ4v) is 2.68. The van der Waals surface area contributed by atoms with Gasteiger partial charge in [-0.1, -0.05) is 0 Å². The van der Waals surface area contributed by atoms with Crippen LogP contribution in [0.5, 0.6) is 5.75 Å². The zero-order valence-electron chi connectivity index (χ0n) is 14.7. The van der Waals surface area contributed by atoms with Crippen LogP contribution in [-0.2, 0) is 0 Å². The third-order valence-corrected chi connectivity index (χ3v) is 3.98. The maximum Gasteiger partial charge on any atom is 0.257 e. The number of hydrogen-bond donors (Lipinski definition) is 2. The number of carbonyl (C=O) groups excluding carboxylic acids is 1. The lowest BCUT2D eigenvalue weighted by molar-refractivity contribution is 0.102. The third-order valence-electron chi connectivity index (χ3n) is 3.98. The highest BCUT2D eigenvalue weighted by atomic mass is 16.5. The zero-order valence-corrected chi connectivity index (χ0v) is 14.7. The van der Waals surface area contributed by atoms with E-state index in [1.165, 1.54) is 0 Å². The maximum atomic E-state index is 12.6. The number of aryl methyl sites for hydroxylation is 1. The molecule has 0 aliphatic rings. The molecule has 1 aromatic carbocycles. The quantitative estimate of drug-likeness (QED) is 0.712. The predicted molar refractivity (Wildman–Crippen MR) is 98.0 cm³/mol. The first-order chi connectivity index (χ1) is 11.9. The molecule has 1 amide bonds. The van der Waals surface area contributed by atoms with Crippen LogP contribution in [0.3, 0.4) is 0 Å². The number of carbonyl (C=O) groups is 1. The van der Waals surface area contributed by atoms with E-state index >= 15 is 0 Å². The van der Waals surface area contributed by atoms with Crippen LogP contribution in [-0.4, -0.2) is 27.8 Å². The number of hydrogen-bond acceptors (Lipinski definition) is 5. The summed E-state index contributed by atoms with van der Waals surface area (Å²) in [7, 11) is 1.55. The number of benzene rings is 1. The number of aromatic nitrogens is 3. The van der Waals surface area contributed by atoms with E-state index in [1.807, 2.05) is 31.5 Å². The topological polar surface area (TPSA) is 95.1 Å². The normalized spacial score (nSPS) is 11.1. The lowest BCUT2D eigenvalue weighted by atomic mass is 10.1. The van der Waals surface area contributed by atoms with Crippen molar-refractivity contribution >= 4 is 28.3 Å². The largest absolute Gasteiger partial charge is 0.495 e. The standard InChI is InChI=1S/C18H21N5O2/c1-10(2)23-17-12(9-20-23)7-14(11(3)21-17)18(24)22-13-5-6-16(25-4)15(19)8-13/h5-10H,19H2,1-4H3,(H,22,24). The van der Waals surface area contributed by atoms with Gasteiger partial charge in [-0.05, 0) is 45.0 Å². The minimum absolute atomic E-state index is 0.200. The van der Waals surface area contributed by atoms with Gasteiger partial charge < -0.3 is 15.8 Å². The van der Waals surface area contributed by atoms with Crippen molar-refractivity contribution in [2.45, 2.75) is 26.8 Å². The minimum Gasteiger partial charge on any atom is -0.495 e. The number of nitrogens with one attached hydrogen (secondary N) is 1. The summed E-state index contributed by atoms with van der Waals surface area (Å²) in [5.41, 5.74) is 8.87. The van der Waals surface area contributed by atoms with Crippen LogP contribution in [0.4, 0.5) is 11.4 Å². The highest BCUT2D eigenvalue weighted by molar-refractivity contribution is 6.06. The first kappa shape index (κ1) is 16.8. The fourth-order valence-electron chi connectivity index (χ4n) is 2.68. The Kier molecular flexibility index (Phi) is 4.31. The van der Waals surface area contributed by atoms with E-state index in [2.05, 4.69) is 15.4 Å². The number of pyridine rings is 1. The number of ether oxygens (including phenoxy) is 1. The molecule has 3 aromatic rings. The van der Waals surface area contributed by atoms with Crippen LogP contribution in [0.15, 0.2) is 30.5 Å². The summed E-state index contributed by atoms with van der Waals surface area (Å²) in [6, 6.07) is 7.13. The lowest BCUT2D eigenvalue weighted by Crippen LogP contribution is -2.15. The van der Waals surface area contributed by atoms with E-state index in [0.29, 0.717) is 28.4 Å². The minimum atomic E-state index is -0.242. The van der Waals surface area contributed by atoms with Crippen LogP contribution < -0.4 is 15.8 Å². The molecule has 130 valence electrons. The van der Waals surface area contributed by atoms with Crippen LogP contribution in [0.1, 0.15) is 35.9 Å². The summed E-state index contributed by atoms with van der Waals surface area (Å²) >= 11 is 0. The molecule has 7 nitrogen and oxygen atoms in total. The number of nitrogen functional groups attached to an aromatic ring is 1. The average molecular weight is 339 g/mol. The Bertz CT molecular complexity index is 946. The number of fused-ring (bicyclic) bond motifs is 1. The summed E-state index contributed by atoms with van der Waals surface area (Å²) < 4.78 is 6.96. The van der Waals surface area contributed by atoms with E-state index in [9.17, 15) is 4.79 Å². The van der Waals surface area contributed by atoms with Gasteiger partial charge in [-0.25, -0.2) is 9.67 Å². The van der Waals surface area contributed by atoms with E-state index in [4.69, 9.17) is 10.5 Å². The Labute approximate surface area is 145 Å². The van der Waals surface area contributed by atoms with Gasteiger partial charge >= 0.3 is 0 Å². The van der Waals surface area contributed by atoms with Crippen LogP contribution in [0.25, 0.3) is 11.0 Å². The molecule has 25 heavy (non-hydrogen) atoms. The van der Waals surface area contributed by atoms with Crippen molar-refractivity contribution in [3.8, 4) is 5.75 Å². The second-order valence-electron chi connectivity index (χ2n) is 6.13. The van der Waals surface area contributed by atoms with Gasteiger partial charge in [0.2, 0.25) is 0 Å². The molecule has 7 heteroatoms. The van der Waals surface area contributed by atoms with Crippen molar-refractivity contribution in [2.75, 3.05) is 18.2 Å². The van der Waals surface area contributed by atoms with Crippen LogP contribution in [0, 0.1) is 6.92 Å². The molecule has 0 aliphatic heterocycles. The van der Waals surface area contributed by atoms with Gasteiger partial charge in [-0.3, -0.25) is 4.79 Å². The van der Waals surface area contributed by atoms with Crippen LogP contribution in [0.2, 0.25) is 0 Å². The molecule has 0 spiro atoms. The van der Waals surface area contributed by atoms with Gasteiger partial charge in [0, 0.05) is 17.1 Å². The predicted octanol–water partition coefficient (Wildman–Crippen LogP) is 3.16. The number of methoxy groups -OCH3 is 1. The maximum absolute atomic E-state index is 12.6. The zero-order chi connectivity index (χ0) is 18.1. The monoisotopic (exact) mass is 339 g/mol. The highest BCUT2D eigenvalue weighted by Crippen LogP contribution is 2.25. The highest BCUT2D eigenvalue weighted by Gasteiger charge is 2.16. The molecule has 0 saturated carbocycles. The SMILES string of the molecule is COc1ccc(NC(=O)c2cc3cnn(C(C)C)c3nc2C)cc1N. The molecule has 0 aliphatic carbocycles. The molecule has 0 fully saturated rings. The Morgan fingerprint density at radius 3 is 2.72 bits per heavy atom. The molecule has 0 radical (unpaired) electrons. The van der Waals surface area contributed by atoms with Crippen LogP contribution >= 0.6 is 0 Å². The smallest absolute Gasteiger partial charge is 0.257 e. The Morgan fingerprint density at radius 2 is 2.08 bits per heavy atom. The summed E-state index contributed by atoms with van der Waals surface area (Å²) in [6.07, 6.45) is 1.73. The third kappa shape index (κ3) is 3.13. The van der Waals surface area contributed by atoms with Crippen molar-refractivity contribution in [2.24, 2.45) is 0 Å². The number of rotatable bonds is 4. The number of nitrogens with zero attached hydrogens (tertiary/aromatic N) is 3. The second-order valence-corrected chi connectivity index (χ2v) is 6.13. The molecular formula is C18H21N5O2. The molecule has 2 heterocycles. The van der Waals surface area contributed by atoms with E-state index in [1.54, 1.807) is 31.5 Å². The lowest BCUT2D eigenvalue weighted by Gasteiger charge is -2.11. The summed E-state index contributed by atoms with van der Waals surface area (Å²) in [5, 5.41) is 8.02. The Balaban J connectivity index is 1.92. The average Bonchev–Trinajstić information content (AvgIpc) is 2.97. The Morgan fingerprint density at radius 1 is 1.32 bits per heavy atom. The van der Waals surface area contributed by atoms with Gasteiger partial charge in [0.05, 0.1) is 30.3 Å². The van der Waals surface area contributed by atoms with Crippen molar-refractivity contribution in [3.63, 3.8) is 0 Å². The van der Waals surface area contributed by atoms with Gasteiger partial charge in [0.1, 0.15) is 5.75 Å². The molecule has 2 aromatic heterocycles. The van der Waals surface area contributed by atoms with Crippen molar-refractivity contribution in [1.82, 2.24) is 14.8 Å². The molecule has 0 atom stereocenters.